The standard InChI is InChI=1S/C16H27N3O2/c1-2-11-18-13-9-15(20)19(16(18)21)12-6-10-17-14-7-4-3-5-8-14/h9,13-14,17H,2-8,10-12H2,1H3. The third-order valence-electron chi connectivity index (χ3n) is 4.20. The van der Waals surface area contributed by atoms with E-state index in [-0.39, 0.29) is 11.2 Å². The van der Waals surface area contributed by atoms with Gasteiger partial charge >= 0.3 is 5.69 Å². The molecule has 1 aliphatic carbocycles. The average Bonchev–Trinajstić information content (AvgIpc) is 2.50. The number of aryl methyl sites for hydroxylation is 1. The lowest BCUT2D eigenvalue weighted by Gasteiger charge is -2.22. The highest BCUT2D eigenvalue weighted by Gasteiger charge is 2.12. The van der Waals surface area contributed by atoms with E-state index in [0.29, 0.717) is 19.1 Å². The van der Waals surface area contributed by atoms with Crippen LogP contribution in [-0.2, 0) is 13.1 Å². The first kappa shape index (κ1) is 16.0. The predicted molar refractivity (Wildman–Crippen MR) is 84.7 cm³/mol. The molecule has 1 N–H and O–H groups in total. The van der Waals surface area contributed by atoms with Crippen LogP contribution < -0.4 is 16.6 Å². The van der Waals surface area contributed by atoms with E-state index >= 15 is 0 Å². The van der Waals surface area contributed by atoms with Gasteiger partial charge in [-0.2, -0.15) is 0 Å². The minimum absolute atomic E-state index is 0.179. The Balaban J connectivity index is 1.86. The molecular formula is C16H27N3O2. The van der Waals surface area contributed by atoms with Crippen molar-refractivity contribution in [3.63, 3.8) is 0 Å². The quantitative estimate of drug-likeness (QED) is 0.779. The van der Waals surface area contributed by atoms with E-state index in [4.69, 9.17) is 0 Å². The fraction of sp³-hybridized carbons (Fsp3) is 0.750. The molecule has 1 heterocycles. The third-order valence-corrected chi connectivity index (χ3v) is 4.20. The van der Waals surface area contributed by atoms with Crippen LogP contribution in [0.4, 0.5) is 0 Å². The molecule has 0 radical (unpaired) electrons. The number of hydrogen-bond donors (Lipinski definition) is 1. The Morgan fingerprint density at radius 2 is 1.95 bits per heavy atom. The molecule has 0 bridgehead atoms. The monoisotopic (exact) mass is 293 g/mol. The van der Waals surface area contributed by atoms with Crippen molar-refractivity contribution in [3.05, 3.63) is 33.1 Å². The van der Waals surface area contributed by atoms with Gasteiger partial charge in [-0.05, 0) is 32.2 Å². The molecule has 0 atom stereocenters. The summed E-state index contributed by atoms with van der Waals surface area (Å²) in [6.45, 7) is 4.07. The Morgan fingerprint density at radius 1 is 1.19 bits per heavy atom. The van der Waals surface area contributed by atoms with Crippen LogP contribution in [0.25, 0.3) is 0 Å². The van der Waals surface area contributed by atoms with Gasteiger partial charge in [-0.15, -0.1) is 0 Å². The summed E-state index contributed by atoms with van der Waals surface area (Å²) in [5.74, 6) is 0. The summed E-state index contributed by atoms with van der Waals surface area (Å²) in [5.41, 5.74) is -0.368. The summed E-state index contributed by atoms with van der Waals surface area (Å²) < 4.78 is 2.98. The number of hydrogen-bond acceptors (Lipinski definition) is 3. The molecule has 0 aliphatic heterocycles. The molecule has 1 aromatic heterocycles. The van der Waals surface area contributed by atoms with Crippen molar-refractivity contribution >= 4 is 0 Å². The average molecular weight is 293 g/mol. The number of nitrogens with one attached hydrogen (secondary N) is 1. The normalized spacial score (nSPS) is 16.2. The van der Waals surface area contributed by atoms with Gasteiger partial charge in [-0.3, -0.25) is 9.36 Å². The van der Waals surface area contributed by atoms with Crippen molar-refractivity contribution < 1.29 is 0 Å². The van der Waals surface area contributed by atoms with Crippen LogP contribution >= 0.6 is 0 Å². The van der Waals surface area contributed by atoms with E-state index in [1.54, 1.807) is 10.8 Å². The Kier molecular flexibility index (Phi) is 6.23. The highest BCUT2D eigenvalue weighted by atomic mass is 16.2. The predicted octanol–water partition coefficient (Wildman–Crippen LogP) is 1.73. The zero-order chi connectivity index (χ0) is 15.1. The van der Waals surface area contributed by atoms with Crippen LogP contribution in [0, 0.1) is 0 Å². The van der Waals surface area contributed by atoms with E-state index in [1.165, 1.54) is 42.7 Å². The van der Waals surface area contributed by atoms with Gasteiger partial charge in [0.05, 0.1) is 0 Å². The molecule has 0 unspecified atom stereocenters. The highest BCUT2D eigenvalue weighted by Crippen LogP contribution is 2.17. The lowest BCUT2D eigenvalue weighted by molar-refractivity contribution is 0.367. The fourth-order valence-corrected chi connectivity index (χ4v) is 3.02. The van der Waals surface area contributed by atoms with Gasteiger partial charge in [-0.1, -0.05) is 26.2 Å². The zero-order valence-corrected chi connectivity index (χ0v) is 13.0. The molecule has 5 nitrogen and oxygen atoms in total. The van der Waals surface area contributed by atoms with Crippen molar-refractivity contribution in [3.8, 4) is 0 Å². The van der Waals surface area contributed by atoms with Gasteiger partial charge in [0.15, 0.2) is 0 Å². The Bertz CT molecular complexity index is 541. The van der Waals surface area contributed by atoms with Gasteiger partial charge in [0.25, 0.3) is 5.56 Å². The minimum atomic E-state index is -0.190. The number of aromatic nitrogens is 2. The molecular weight excluding hydrogens is 266 g/mol. The van der Waals surface area contributed by atoms with E-state index < -0.39 is 0 Å². The van der Waals surface area contributed by atoms with E-state index in [0.717, 1.165) is 19.4 Å². The SMILES string of the molecule is CCCn1ccc(=O)n(CCCNC2CCCCC2)c1=O. The first-order chi connectivity index (χ1) is 10.2. The van der Waals surface area contributed by atoms with Crippen LogP contribution in [0.15, 0.2) is 21.9 Å². The lowest BCUT2D eigenvalue weighted by Crippen LogP contribution is -2.40. The molecule has 2 rings (SSSR count). The largest absolute Gasteiger partial charge is 0.330 e. The van der Waals surface area contributed by atoms with Crippen molar-refractivity contribution in [1.29, 1.82) is 0 Å². The van der Waals surface area contributed by atoms with Crippen molar-refractivity contribution in [1.82, 2.24) is 14.5 Å². The fourth-order valence-electron chi connectivity index (χ4n) is 3.02. The van der Waals surface area contributed by atoms with Gasteiger partial charge in [0, 0.05) is 31.4 Å². The molecule has 21 heavy (non-hydrogen) atoms. The van der Waals surface area contributed by atoms with Gasteiger partial charge < -0.3 is 9.88 Å². The van der Waals surface area contributed by atoms with Gasteiger partial charge in [-0.25, -0.2) is 4.79 Å². The molecule has 0 spiro atoms. The molecule has 0 saturated heterocycles. The van der Waals surface area contributed by atoms with Crippen molar-refractivity contribution in [2.24, 2.45) is 0 Å². The molecule has 5 heteroatoms. The second-order valence-corrected chi connectivity index (χ2v) is 5.92. The Morgan fingerprint density at radius 3 is 2.67 bits per heavy atom. The summed E-state index contributed by atoms with van der Waals surface area (Å²) in [6, 6.07) is 2.12. The summed E-state index contributed by atoms with van der Waals surface area (Å²) in [4.78, 5) is 24.0. The zero-order valence-electron chi connectivity index (χ0n) is 13.0. The van der Waals surface area contributed by atoms with Crippen LogP contribution in [-0.4, -0.2) is 21.7 Å². The molecule has 1 fully saturated rings. The van der Waals surface area contributed by atoms with Crippen molar-refractivity contribution in [2.75, 3.05) is 6.54 Å². The molecule has 1 aliphatic rings. The van der Waals surface area contributed by atoms with Crippen LogP contribution in [0.3, 0.4) is 0 Å². The Hall–Kier alpha value is -1.36. The molecule has 0 aromatic carbocycles. The van der Waals surface area contributed by atoms with Gasteiger partial charge in [0.2, 0.25) is 0 Å². The second-order valence-electron chi connectivity index (χ2n) is 5.92. The maximum absolute atomic E-state index is 12.2. The van der Waals surface area contributed by atoms with E-state index in [9.17, 15) is 9.59 Å². The van der Waals surface area contributed by atoms with Crippen LogP contribution in [0.2, 0.25) is 0 Å². The summed E-state index contributed by atoms with van der Waals surface area (Å²) >= 11 is 0. The first-order valence-corrected chi connectivity index (χ1v) is 8.26. The lowest BCUT2D eigenvalue weighted by atomic mass is 9.95. The topological polar surface area (TPSA) is 56.0 Å². The second kappa shape index (κ2) is 8.17. The minimum Gasteiger partial charge on any atom is -0.314 e. The number of rotatable bonds is 7. The smallest absolute Gasteiger partial charge is 0.314 e. The summed E-state index contributed by atoms with van der Waals surface area (Å²) in [6.07, 6.45) is 9.82. The molecule has 0 amide bonds. The molecule has 118 valence electrons. The number of nitrogens with zero attached hydrogens (tertiary/aromatic N) is 2. The molecule has 1 saturated carbocycles. The van der Waals surface area contributed by atoms with Gasteiger partial charge in [0.1, 0.15) is 0 Å². The van der Waals surface area contributed by atoms with Crippen LogP contribution in [0.1, 0.15) is 51.9 Å². The third kappa shape index (κ3) is 4.56. The Labute approximate surface area is 126 Å². The van der Waals surface area contributed by atoms with Crippen LogP contribution in [0.5, 0.6) is 0 Å². The maximum Gasteiger partial charge on any atom is 0.330 e. The summed E-state index contributed by atoms with van der Waals surface area (Å²) in [7, 11) is 0. The summed E-state index contributed by atoms with van der Waals surface area (Å²) in [5, 5.41) is 3.55. The first-order valence-electron chi connectivity index (χ1n) is 8.26. The molecule has 1 aromatic rings. The highest BCUT2D eigenvalue weighted by molar-refractivity contribution is 4.86. The van der Waals surface area contributed by atoms with E-state index in [1.807, 2.05) is 6.92 Å². The van der Waals surface area contributed by atoms with E-state index in [2.05, 4.69) is 5.32 Å². The maximum atomic E-state index is 12.2. The van der Waals surface area contributed by atoms with Crippen molar-refractivity contribution in [2.45, 2.75) is 71.0 Å².